The Morgan fingerprint density at radius 2 is 2.00 bits per heavy atom. The van der Waals surface area contributed by atoms with Crippen molar-refractivity contribution in [2.24, 2.45) is 17.6 Å². The van der Waals surface area contributed by atoms with Gasteiger partial charge < -0.3 is 5.73 Å². The molecular weight excluding hydrogens is 208 g/mol. The number of nitrogens with zero attached hydrogens (tertiary/aromatic N) is 1. The maximum absolute atomic E-state index is 6.41. The molecule has 3 rings (SSSR count). The third-order valence-electron chi connectivity index (χ3n) is 3.99. The third-order valence-corrected chi connectivity index (χ3v) is 3.99. The highest BCUT2D eigenvalue weighted by molar-refractivity contribution is 5.85. The monoisotopic (exact) mass is 226 g/mol. The van der Waals surface area contributed by atoms with Crippen molar-refractivity contribution in [1.29, 1.82) is 0 Å². The van der Waals surface area contributed by atoms with Crippen LogP contribution >= 0.6 is 0 Å². The third kappa shape index (κ3) is 1.93. The average molecular weight is 226 g/mol. The van der Waals surface area contributed by atoms with E-state index < -0.39 is 0 Å². The summed E-state index contributed by atoms with van der Waals surface area (Å²) in [5, 5.41) is 2.44. The van der Waals surface area contributed by atoms with E-state index in [4.69, 9.17) is 5.73 Å². The lowest BCUT2D eigenvalue weighted by atomic mass is 9.90. The summed E-state index contributed by atoms with van der Waals surface area (Å²) in [5.41, 5.74) is 7.60. The van der Waals surface area contributed by atoms with Crippen LogP contribution in [0.25, 0.3) is 10.8 Å². The van der Waals surface area contributed by atoms with Gasteiger partial charge in [-0.05, 0) is 35.6 Å². The second-order valence-electron chi connectivity index (χ2n) is 5.17. The predicted octanol–water partition coefficient (Wildman–Crippen LogP) is 3.28. The summed E-state index contributed by atoms with van der Waals surface area (Å²) in [6.07, 6.45) is 6.53. The first kappa shape index (κ1) is 10.7. The molecular formula is C15H18N2. The predicted molar refractivity (Wildman–Crippen MR) is 70.6 cm³/mol. The van der Waals surface area contributed by atoms with Gasteiger partial charge in [-0.2, -0.15) is 0 Å². The Morgan fingerprint density at radius 1 is 1.24 bits per heavy atom. The van der Waals surface area contributed by atoms with E-state index in [0.29, 0.717) is 5.92 Å². The molecule has 1 fully saturated rings. The second kappa shape index (κ2) is 4.11. The van der Waals surface area contributed by atoms with Gasteiger partial charge >= 0.3 is 0 Å². The van der Waals surface area contributed by atoms with Gasteiger partial charge in [-0.25, -0.2) is 0 Å². The smallest absolute Gasteiger partial charge is 0.0346 e. The van der Waals surface area contributed by atoms with Crippen LogP contribution in [0.4, 0.5) is 0 Å². The Morgan fingerprint density at radius 3 is 2.76 bits per heavy atom. The van der Waals surface area contributed by atoms with Crippen molar-refractivity contribution in [1.82, 2.24) is 4.98 Å². The van der Waals surface area contributed by atoms with Crippen LogP contribution in [0.15, 0.2) is 36.7 Å². The van der Waals surface area contributed by atoms with Gasteiger partial charge in [-0.1, -0.05) is 31.2 Å². The molecule has 17 heavy (non-hydrogen) atoms. The van der Waals surface area contributed by atoms with Crippen LogP contribution in [0.1, 0.15) is 31.4 Å². The molecule has 1 heterocycles. The number of nitrogens with two attached hydrogens (primary N) is 1. The first-order valence-corrected chi connectivity index (χ1v) is 6.35. The fraction of sp³-hybridized carbons (Fsp3) is 0.400. The van der Waals surface area contributed by atoms with Gasteiger partial charge in [0.2, 0.25) is 0 Å². The molecule has 0 saturated heterocycles. The minimum atomic E-state index is 0.112. The minimum Gasteiger partial charge on any atom is -0.324 e. The number of pyridine rings is 1. The van der Waals surface area contributed by atoms with E-state index in [1.54, 1.807) is 0 Å². The van der Waals surface area contributed by atoms with Gasteiger partial charge in [-0.15, -0.1) is 0 Å². The molecule has 1 aliphatic carbocycles. The van der Waals surface area contributed by atoms with E-state index in [2.05, 4.69) is 30.1 Å². The Labute approximate surface area is 102 Å². The molecule has 2 atom stereocenters. The average Bonchev–Trinajstić information content (AvgIpc) is 3.20. The van der Waals surface area contributed by atoms with E-state index in [0.717, 1.165) is 5.92 Å². The Hall–Kier alpha value is -1.41. The number of aromatic nitrogens is 1. The van der Waals surface area contributed by atoms with Crippen molar-refractivity contribution in [2.75, 3.05) is 0 Å². The second-order valence-corrected chi connectivity index (χ2v) is 5.17. The molecule has 0 amide bonds. The molecule has 0 radical (unpaired) electrons. The molecule has 1 saturated carbocycles. The summed E-state index contributed by atoms with van der Waals surface area (Å²) in [4.78, 5) is 4.32. The van der Waals surface area contributed by atoms with Crippen molar-refractivity contribution in [3.63, 3.8) is 0 Å². The van der Waals surface area contributed by atoms with E-state index in [9.17, 15) is 0 Å². The summed E-state index contributed by atoms with van der Waals surface area (Å²) in [6, 6.07) is 8.47. The Balaban J connectivity index is 2.03. The maximum atomic E-state index is 6.41. The van der Waals surface area contributed by atoms with Crippen molar-refractivity contribution in [3.05, 3.63) is 42.2 Å². The van der Waals surface area contributed by atoms with E-state index in [1.165, 1.54) is 29.2 Å². The summed E-state index contributed by atoms with van der Waals surface area (Å²) < 4.78 is 0. The SMILES string of the molecule is CC(C1CC1)C(N)c1cncc2ccccc12. The van der Waals surface area contributed by atoms with Crippen LogP contribution < -0.4 is 5.73 Å². The molecule has 0 spiro atoms. The van der Waals surface area contributed by atoms with Crippen molar-refractivity contribution in [2.45, 2.75) is 25.8 Å². The van der Waals surface area contributed by atoms with Crippen LogP contribution in [-0.2, 0) is 0 Å². The van der Waals surface area contributed by atoms with Crippen molar-refractivity contribution < 1.29 is 0 Å². The summed E-state index contributed by atoms with van der Waals surface area (Å²) in [5.74, 6) is 1.38. The van der Waals surface area contributed by atoms with Gasteiger partial charge in [0, 0.05) is 23.8 Å². The molecule has 1 aliphatic rings. The van der Waals surface area contributed by atoms with Crippen LogP contribution in [0, 0.1) is 11.8 Å². The number of rotatable bonds is 3. The number of fused-ring (bicyclic) bond motifs is 1. The molecule has 88 valence electrons. The van der Waals surface area contributed by atoms with Gasteiger partial charge in [0.15, 0.2) is 0 Å². The number of benzene rings is 1. The van der Waals surface area contributed by atoms with Crippen LogP contribution in [-0.4, -0.2) is 4.98 Å². The largest absolute Gasteiger partial charge is 0.324 e. The summed E-state index contributed by atoms with van der Waals surface area (Å²) in [6.45, 7) is 2.27. The van der Waals surface area contributed by atoms with Crippen molar-refractivity contribution >= 4 is 10.8 Å². The Bertz CT molecular complexity index is 526. The zero-order chi connectivity index (χ0) is 11.8. The van der Waals surface area contributed by atoms with E-state index >= 15 is 0 Å². The van der Waals surface area contributed by atoms with Crippen molar-refractivity contribution in [3.8, 4) is 0 Å². The highest BCUT2D eigenvalue weighted by atomic mass is 14.7. The van der Waals surface area contributed by atoms with E-state index in [-0.39, 0.29) is 6.04 Å². The number of hydrogen-bond donors (Lipinski definition) is 1. The number of hydrogen-bond acceptors (Lipinski definition) is 2. The van der Waals surface area contributed by atoms with Crippen LogP contribution in [0.5, 0.6) is 0 Å². The first-order valence-electron chi connectivity index (χ1n) is 6.35. The molecule has 2 heteroatoms. The maximum Gasteiger partial charge on any atom is 0.0346 e. The molecule has 0 aliphatic heterocycles. The molecule has 2 N–H and O–H groups in total. The molecule has 0 bridgehead atoms. The zero-order valence-electron chi connectivity index (χ0n) is 10.1. The lowest BCUT2D eigenvalue weighted by Crippen LogP contribution is -2.21. The fourth-order valence-electron chi connectivity index (χ4n) is 2.60. The van der Waals surface area contributed by atoms with Gasteiger partial charge in [0.1, 0.15) is 0 Å². The highest BCUT2D eigenvalue weighted by Crippen LogP contribution is 2.42. The molecule has 1 aromatic heterocycles. The minimum absolute atomic E-state index is 0.112. The van der Waals surface area contributed by atoms with E-state index in [1.807, 2.05) is 18.5 Å². The fourth-order valence-corrected chi connectivity index (χ4v) is 2.60. The highest BCUT2D eigenvalue weighted by Gasteiger charge is 2.32. The molecule has 1 aromatic carbocycles. The van der Waals surface area contributed by atoms with Gasteiger partial charge in [0.25, 0.3) is 0 Å². The summed E-state index contributed by atoms with van der Waals surface area (Å²) >= 11 is 0. The summed E-state index contributed by atoms with van der Waals surface area (Å²) in [7, 11) is 0. The lowest BCUT2D eigenvalue weighted by Gasteiger charge is -2.21. The standard InChI is InChI=1S/C15H18N2/c1-10(11-6-7-11)15(16)14-9-17-8-12-4-2-3-5-13(12)14/h2-5,8-11,15H,6-7,16H2,1H3. The lowest BCUT2D eigenvalue weighted by molar-refractivity contribution is 0.418. The molecule has 2 aromatic rings. The Kier molecular flexibility index (Phi) is 2.60. The zero-order valence-corrected chi connectivity index (χ0v) is 10.1. The normalized spacial score (nSPS) is 19.2. The molecule has 2 nitrogen and oxygen atoms in total. The van der Waals surface area contributed by atoms with Gasteiger partial charge in [-0.3, -0.25) is 4.98 Å². The first-order chi connectivity index (χ1) is 8.27. The van der Waals surface area contributed by atoms with Crippen LogP contribution in [0.2, 0.25) is 0 Å². The van der Waals surface area contributed by atoms with Gasteiger partial charge in [0.05, 0.1) is 0 Å². The molecule has 2 unspecified atom stereocenters. The van der Waals surface area contributed by atoms with Crippen LogP contribution in [0.3, 0.4) is 0 Å². The quantitative estimate of drug-likeness (QED) is 0.872. The topological polar surface area (TPSA) is 38.9 Å².